The van der Waals surface area contributed by atoms with Gasteiger partial charge in [-0.3, -0.25) is 4.98 Å². The third-order valence-electron chi connectivity index (χ3n) is 5.77. The number of aryl methyl sites for hydroxylation is 2. The van der Waals surface area contributed by atoms with Gasteiger partial charge in [-0.2, -0.15) is 0 Å². The smallest absolute Gasteiger partial charge is 0.323 e. The summed E-state index contributed by atoms with van der Waals surface area (Å²) in [7, 11) is 0.0896. The zero-order chi connectivity index (χ0) is 23.4. The van der Waals surface area contributed by atoms with Crippen molar-refractivity contribution in [3.63, 3.8) is 0 Å². The molecule has 0 aliphatic carbocycles. The molecule has 4 rings (SSSR count). The average Bonchev–Trinajstić information content (AvgIpc) is 3.20. The highest BCUT2D eigenvalue weighted by Gasteiger charge is 2.19. The molecule has 2 aromatic carbocycles. The summed E-state index contributed by atoms with van der Waals surface area (Å²) in [6.07, 6.45) is 7.52. The van der Waals surface area contributed by atoms with E-state index in [9.17, 15) is 4.79 Å². The van der Waals surface area contributed by atoms with E-state index in [4.69, 9.17) is 4.74 Å². The zero-order valence-electron chi connectivity index (χ0n) is 19.5. The standard InChI is InChI=1S/C26H30N4O2Si/c1-32-25-10-8-21(33(2,3)4)16-24(25)30-26(31)29-20-7-9-23-22(15-20)19(17-28-23)6-5-18-11-13-27-14-12-18/h7-17,28H,5-6H2,1-4H3,(H2,29,30,31). The van der Waals surface area contributed by atoms with E-state index in [1.807, 2.05) is 61.1 Å². The minimum absolute atomic E-state index is 0.297. The molecule has 3 N–H and O–H groups in total. The van der Waals surface area contributed by atoms with Gasteiger partial charge in [0.25, 0.3) is 0 Å². The van der Waals surface area contributed by atoms with Crippen molar-refractivity contribution < 1.29 is 9.53 Å². The number of benzene rings is 2. The molecule has 0 spiro atoms. The number of H-pyrrole nitrogens is 1. The Kier molecular flexibility index (Phi) is 6.51. The van der Waals surface area contributed by atoms with Crippen LogP contribution in [0.1, 0.15) is 11.1 Å². The second-order valence-corrected chi connectivity index (χ2v) is 14.3. The van der Waals surface area contributed by atoms with Crippen LogP contribution in [0.15, 0.2) is 67.1 Å². The Labute approximate surface area is 195 Å². The van der Waals surface area contributed by atoms with Crippen LogP contribution in [0.5, 0.6) is 5.75 Å². The van der Waals surface area contributed by atoms with Crippen LogP contribution in [0.4, 0.5) is 16.2 Å². The molecule has 0 unspecified atom stereocenters. The molecule has 4 aromatic rings. The molecule has 0 saturated carbocycles. The quantitative estimate of drug-likeness (QED) is 0.318. The first kappa shape index (κ1) is 22.6. The first-order valence-corrected chi connectivity index (χ1v) is 14.6. The maximum atomic E-state index is 12.8. The number of hydrogen-bond donors (Lipinski definition) is 3. The number of nitrogens with zero attached hydrogens (tertiary/aromatic N) is 1. The Bertz CT molecular complexity index is 1260. The number of pyridine rings is 1. The topological polar surface area (TPSA) is 79.0 Å². The lowest BCUT2D eigenvalue weighted by Crippen LogP contribution is -2.37. The molecule has 2 amide bonds. The number of aromatic amines is 1. The molecular weight excluding hydrogens is 428 g/mol. The summed E-state index contributed by atoms with van der Waals surface area (Å²) in [6.45, 7) is 6.82. The van der Waals surface area contributed by atoms with Gasteiger partial charge in [-0.1, -0.05) is 30.9 Å². The Morgan fingerprint density at radius 3 is 2.52 bits per heavy atom. The number of fused-ring (bicyclic) bond motifs is 1. The third-order valence-corrected chi connectivity index (χ3v) is 7.81. The molecule has 0 radical (unpaired) electrons. The number of urea groups is 1. The highest BCUT2D eigenvalue weighted by Crippen LogP contribution is 2.26. The SMILES string of the molecule is COc1ccc([Si](C)(C)C)cc1NC(=O)Nc1ccc2[nH]cc(CCc3ccncc3)c2c1. The van der Waals surface area contributed by atoms with E-state index in [-0.39, 0.29) is 6.03 Å². The van der Waals surface area contributed by atoms with E-state index in [1.54, 1.807) is 7.11 Å². The monoisotopic (exact) mass is 458 g/mol. The summed E-state index contributed by atoms with van der Waals surface area (Å²) in [6, 6.07) is 15.7. The van der Waals surface area contributed by atoms with Crippen molar-refractivity contribution in [3.8, 4) is 5.75 Å². The fraction of sp³-hybridized carbons (Fsp3) is 0.231. The van der Waals surface area contributed by atoms with Gasteiger partial charge in [0.1, 0.15) is 5.75 Å². The van der Waals surface area contributed by atoms with E-state index >= 15 is 0 Å². The second-order valence-electron chi connectivity index (χ2n) is 9.17. The first-order chi connectivity index (χ1) is 15.8. The van der Waals surface area contributed by atoms with Crippen LogP contribution in [0, 0.1) is 0 Å². The minimum Gasteiger partial charge on any atom is -0.495 e. The fourth-order valence-corrected chi connectivity index (χ4v) is 5.01. The van der Waals surface area contributed by atoms with Crippen molar-refractivity contribution in [3.05, 3.63) is 78.2 Å². The molecule has 7 heteroatoms. The molecule has 0 saturated heterocycles. The zero-order valence-corrected chi connectivity index (χ0v) is 20.5. The number of aromatic nitrogens is 2. The Hall–Kier alpha value is -3.58. The maximum absolute atomic E-state index is 12.8. The fourth-order valence-electron chi connectivity index (χ4n) is 3.85. The van der Waals surface area contributed by atoms with Gasteiger partial charge in [0.2, 0.25) is 0 Å². The molecule has 0 aliphatic heterocycles. The normalized spacial score (nSPS) is 11.4. The molecule has 33 heavy (non-hydrogen) atoms. The van der Waals surface area contributed by atoms with E-state index in [1.165, 1.54) is 16.3 Å². The van der Waals surface area contributed by atoms with E-state index in [2.05, 4.69) is 46.3 Å². The average molecular weight is 459 g/mol. The van der Waals surface area contributed by atoms with Crippen molar-refractivity contribution in [2.45, 2.75) is 32.5 Å². The van der Waals surface area contributed by atoms with Gasteiger partial charge >= 0.3 is 6.03 Å². The molecule has 2 aromatic heterocycles. The molecular formula is C26H30N4O2Si. The number of methoxy groups -OCH3 is 1. The number of amides is 2. The number of ether oxygens (including phenoxy) is 1. The Morgan fingerprint density at radius 2 is 1.79 bits per heavy atom. The summed E-state index contributed by atoms with van der Waals surface area (Å²) in [5.41, 5.74) is 4.94. The van der Waals surface area contributed by atoms with Gasteiger partial charge in [0, 0.05) is 35.2 Å². The van der Waals surface area contributed by atoms with Gasteiger partial charge in [-0.25, -0.2) is 4.79 Å². The van der Waals surface area contributed by atoms with Crippen LogP contribution >= 0.6 is 0 Å². The van der Waals surface area contributed by atoms with Crippen LogP contribution in [0.3, 0.4) is 0 Å². The molecule has 0 fully saturated rings. The predicted octanol–water partition coefficient (Wildman–Crippen LogP) is 5.55. The summed E-state index contributed by atoms with van der Waals surface area (Å²) in [5, 5.41) is 8.29. The van der Waals surface area contributed by atoms with Crippen molar-refractivity contribution in [1.82, 2.24) is 9.97 Å². The molecule has 0 atom stereocenters. The van der Waals surface area contributed by atoms with Crippen LogP contribution < -0.4 is 20.6 Å². The number of carbonyl (C=O) groups is 1. The Balaban J connectivity index is 1.49. The van der Waals surface area contributed by atoms with Crippen molar-refractivity contribution in [2.24, 2.45) is 0 Å². The van der Waals surface area contributed by atoms with Gasteiger partial charge in [-0.15, -0.1) is 0 Å². The van der Waals surface area contributed by atoms with Crippen LogP contribution in [-0.4, -0.2) is 31.2 Å². The van der Waals surface area contributed by atoms with Crippen molar-refractivity contribution in [1.29, 1.82) is 0 Å². The van der Waals surface area contributed by atoms with Crippen LogP contribution in [0.25, 0.3) is 10.9 Å². The number of hydrogen-bond acceptors (Lipinski definition) is 3. The molecule has 6 nitrogen and oxygen atoms in total. The number of rotatable bonds is 7. The second kappa shape index (κ2) is 9.50. The largest absolute Gasteiger partial charge is 0.495 e. The number of nitrogens with one attached hydrogen (secondary N) is 3. The van der Waals surface area contributed by atoms with Crippen molar-refractivity contribution in [2.75, 3.05) is 17.7 Å². The lowest BCUT2D eigenvalue weighted by Gasteiger charge is -2.19. The lowest BCUT2D eigenvalue weighted by atomic mass is 10.0. The molecule has 0 aliphatic rings. The Morgan fingerprint density at radius 1 is 1.00 bits per heavy atom. The first-order valence-electron chi connectivity index (χ1n) is 11.1. The predicted molar refractivity (Wildman–Crippen MR) is 139 cm³/mol. The summed E-state index contributed by atoms with van der Waals surface area (Å²) in [4.78, 5) is 20.2. The van der Waals surface area contributed by atoms with Crippen LogP contribution in [0.2, 0.25) is 19.6 Å². The highest BCUT2D eigenvalue weighted by molar-refractivity contribution is 6.88. The maximum Gasteiger partial charge on any atom is 0.323 e. The molecule has 0 bridgehead atoms. The van der Waals surface area contributed by atoms with Gasteiger partial charge in [0.05, 0.1) is 20.9 Å². The van der Waals surface area contributed by atoms with E-state index in [0.717, 1.165) is 29.4 Å². The summed E-state index contributed by atoms with van der Waals surface area (Å²) >= 11 is 0. The summed E-state index contributed by atoms with van der Waals surface area (Å²) < 4.78 is 5.46. The van der Waals surface area contributed by atoms with Gasteiger partial charge in [0.15, 0.2) is 0 Å². The van der Waals surface area contributed by atoms with E-state index < -0.39 is 8.07 Å². The van der Waals surface area contributed by atoms with Gasteiger partial charge < -0.3 is 20.4 Å². The third kappa shape index (κ3) is 5.43. The molecule has 2 heterocycles. The highest BCUT2D eigenvalue weighted by atomic mass is 28.3. The van der Waals surface area contributed by atoms with Crippen LogP contribution in [-0.2, 0) is 12.8 Å². The van der Waals surface area contributed by atoms with E-state index in [0.29, 0.717) is 11.4 Å². The molecule has 170 valence electrons. The summed E-state index contributed by atoms with van der Waals surface area (Å²) in [5.74, 6) is 0.645. The lowest BCUT2D eigenvalue weighted by molar-refractivity contribution is 0.262. The van der Waals surface area contributed by atoms with Crippen molar-refractivity contribution >= 4 is 41.6 Å². The minimum atomic E-state index is -1.52. The van der Waals surface area contributed by atoms with Gasteiger partial charge in [-0.05, 0) is 66.4 Å². The number of anilines is 2. The number of carbonyl (C=O) groups excluding carboxylic acids is 1.